The van der Waals surface area contributed by atoms with Crippen LogP contribution in [0.15, 0.2) is 0 Å². The zero-order chi connectivity index (χ0) is 13.3. The van der Waals surface area contributed by atoms with Crippen LogP contribution in [0.5, 0.6) is 0 Å². The summed E-state index contributed by atoms with van der Waals surface area (Å²) in [5.74, 6) is -0.190. The maximum absolute atomic E-state index is 11.2. The summed E-state index contributed by atoms with van der Waals surface area (Å²) in [4.78, 5) is 22.0. The average Bonchev–Trinajstić information content (AvgIpc) is 2.20. The van der Waals surface area contributed by atoms with E-state index < -0.39 is 11.7 Å². The second-order valence-corrected chi connectivity index (χ2v) is 4.82. The second kappa shape index (κ2) is 7.92. The summed E-state index contributed by atoms with van der Waals surface area (Å²) >= 11 is 0. The molecule has 0 fully saturated rings. The van der Waals surface area contributed by atoms with Gasteiger partial charge in [0.25, 0.3) is 0 Å². The maximum Gasteiger partial charge on any atom is 0.407 e. The monoisotopic (exact) mass is 245 g/mol. The molecule has 1 N–H and O–H groups in total. The number of carbonyl (C=O) groups excluding carboxylic acids is 2. The van der Waals surface area contributed by atoms with Crippen LogP contribution >= 0.6 is 0 Å². The van der Waals surface area contributed by atoms with Crippen LogP contribution in [0.2, 0.25) is 0 Å². The highest BCUT2D eigenvalue weighted by Crippen LogP contribution is 2.06. The van der Waals surface area contributed by atoms with Crippen LogP contribution in [-0.4, -0.2) is 31.3 Å². The first-order valence-corrected chi connectivity index (χ1v) is 5.89. The number of nitrogens with one attached hydrogen (secondary N) is 1. The lowest BCUT2D eigenvalue weighted by atomic mass is 10.2. The van der Waals surface area contributed by atoms with Gasteiger partial charge >= 0.3 is 12.1 Å². The molecule has 0 aliphatic rings. The summed E-state index contributed by atoms with van der Waals surface area (Å²) in [6.45, 7) is 6.03. The van der Waals surface area contributed by atoms with Crippen molar-refractivity contribution in [1.82, 2.24) is 5.32 Å². The molecule has 0 heterocycles. The van der Waals surface area contributed by atoms with Crippen LogP contribution in [0.25, 0.3) is 0 Å². The molecular weight excluding hydrogens is 222 g/mol. The average molecular weight is 245 g/mol. The van der Waals surface area contributed by atoms with Gasteiger partial charge in [-0.2, -0.15) is 0 Å². The van der Waals surface area contributed by atoms with Gasteiger partial charge < -0.3 is 14.8 Å². The highest BCUT2D eigenvalue weighted by atomic mass is 16.6. The van der Waals surface area contributed by atoms with Crippen LogP contribution < -0.4 is 5.32 Å². The Balaban J connectivity index is 3.40. The first-order valence-electron chi connectivity index (χ1n) is 5.89. The van der Waals surface area contributed by atoms with E-state index in [0.717, 1.165) is 19.3 Å². The van der Waals surface area contributed by atoms with E-state index in [0.29, 0.717) is 13.0 Å². The number of alkyl carbamates (subject to hydrolysis) is 1. The molecule has 0 bridgehead atoms. The molecule has 0 atom stereocenters. The molecule has 0 aromatic heterocycles. The lowest BCUT2D eigenvalue weighted by Crippen LogP contribution is -2.32. The highest BCUT2D eigenvalue weighted by molar-refractivity contribution is 5.69. The van der Waals surface area contributed by atoms with Gasteiger partial charge in [-0.3, -0.25) is 4.79 Å². The van der Waals surface area contributed by atoms with Gasteiger partial charge in [0.15, 0.2) is 0 Å². The summed E-state index contributed by atoms with van der Waals surface area (Å²) in [6, 6.07) is 0. The van der Waals surface area contributed by atoms with Crippen molar-refractivity contribution in [2.24, 2.45) is 0 Å². The standard InChI is InChI=1S/C12H23NO4/c1-12(2,3)17-11(15)13-9-7-5-6-8-10(14)16-4/h5-9H2,1-4H3,(H,13,15). The van der Waals surface area contributed by atoms with E-state index in [4.69, 9.17) is 4.74 Å². The maximum atomic E-state index is 11.2. The number of unbranched alkanes of at least 4 members (excludes halogenated alkanes) is 2. The molecule has 0 unspecified atom stereocenters. The molecule has 0 radical (unpaired) electrons. The van der Waals surface area contributed by atoms with E-state index >= 15 is 0 Å². The van der Waals surface area contributed by atoms with Crippen molar-refractivity contribution >= 4 is 12.1 Å². The Labute approximate surface area is 103 Å². The third-order valence-corrected chi connectivity index (χ3v) is 1.95. The van der Waals surface area contributed by atoms with Crippen LogP contribution in [0.4, 0.5) is 4.79 Å². The van der Waals surface area contributed by atoms with Gasteiger partial charge in [-0.25, -0.2) is 4.79 Å². The molecule has 0 saturated heterocycles. The SMILES string of the molecule is COC(=O)CCCCCNC(=O)OC(C)(C)C. The molecule has 0 saturated carbocycles. The Morgan fingerprint density at radius 3 is 2.29 bits per heavy atom. The van der Waals surface area contributed by atoms with Crippen molar-refractivity contribution in [3.63, 3.8) is 0 Å². The van der Waals surface area contributed by atoms with Crippen molar-refractivity contribution in [1.29, 1.82) is 0 Å². The fourth-order valence-electron chi connectivity index (χ4n) is 1.18. The topological polar surface area (TPSA) is 64.6 Å². The van der Waals surface area contributed by atoms with E-state index in [-0.39, 0.29) is 5.97 Å². The minimum atomic E-state index is -0.463. The van der Waals surface area contributed by atoms with Gasteiger partial charge in [-0.1, -0.05) is 6.42 Å². The van der Waals surface area contributed by atoms with Crippen molar-refractivity contribution in [2.75, 3.05) is 13.7 Å². The molecule has 0 aliphatic carbocycles. The molecule has 0 spiro atoms. The Bertz CT molecular complexity index is 245. The summed E-state index contributed by atoms with van der Waals surface area (Å²) < 4.78 is 9.60. The smallest absolute Gasteiger partial charge is 0.407 e. The first kappa shape index (κ1) is 15.7. The van der Waals surface area contributed by atoms with Gasteiger partial charge in [0.2, 0.25) is 0 Å². The molecule has 5 heteroatoms. The molecule has 0 rings (SSSR count). The van der Waals surface area contributed by atoms with Crippen molar-refractivity contribution < 1.29 is 19.1 Å². The lowest BCUT2D eigenvalue weighted by molar-refractivity contribution is -0.140. The van der Waals surface area contributed by atoms with Crippen LogP contribution in [0, 0.1) is 0 Å². The predicted octanol–water partition coefficient (Wildman–Crippen LogP) is 2.24. The third-order valence-electron chi connectivity index (χ3n) is 1.95. The number of carbonyl (C=O) groups is 2. The Morgan fingerprint density at radius 1 is 1.12 bits per heavy atom. The fourth-order valence-corrected chi connectivity index (χ4v) is 1.18. The molecule has 0 aromatic rings. The first-order chi connectivity index (χ1) is 7.85. The van der Waals surface area contributed by atoms with Crippen molar-refractivity contribution in [3.8, 4) is 0 Å². The number of hydrogen-bond donors (Lipinski definition) is 1. The minimum Gasteiger partial charge on any atom is -0.469 e. The molecule has 0 aliphatic heterocycles. The second-order valence-electron chi connectivity index (χ2n) is 4.82. The van der Waals surface area contributed by atoms with Crippen LogP contribution in [0.3, 0.4) is 0 Å². The van der Waals surface area contributed by atoms with Gasteiger partial charge in [0, 0.05) is 13.0 Å². The Kier molecular flexibility index (Phi) is 7.34. The van der Waals surface area contributed by atoms with E-state index in [1.807, 2.05) is 20.8 Å². The quantitative estimate of drug-likeness (QED) is 0.575. The van der Waals surface area contributed by atoms with Gasteiger partial charge in [-0.05, 0) is 33.6 Å². The minimum absolute atomic E-state index is 0.190. The molecule has 100 valence electrons. The van der Waals surface area contributed by atoms with Crippen molar-refractivity contribution in [3.05, 3.63) is 0 Å². The third kappa shape index (κ3) is 11.0. The highest BCUT2D eigenvalue weighted by Gasteiger charge is 2.15. The molecule has 5 nitrogen and oxygen atoms in total. The summed E-state index contributed by atoms with van der Waals surface area (Å²) in [5, 5.41) is 2.66. The fraction of sp³-hybridized carbons (Fsp3) is 0.833. The largest absolute Gasteiger partial charge is 0.469 e. The summed E-state index contributed by atoms with van der Waals surface area (Å²) in [7, 11) is 1.38. The van der Waals surface area contributed by atoms with Gasteiger partial charge in [0.1, 0.15) is 5.60 Å². The number of hydrogen-bond acceptors (Lipinski definition) is 4. The Morgan fingerprint density at radius 2 is 1.76 bits per heavy atom. The predicted molar refractivity (Wildman–Crippen MR) is 64.7 cm³/mol. The zero-order valence-electron chi connectivity index (χ0n) is 11.2. The lowest BCUT2D eigenvalue weighted by Gasteiger charge is -2.19. The molecule has 1 amide bonds. The summed E-state index contributed by atoms with van der Waals surface area (Å²) in [6.07, 6.45) is 2.53. The number of rotatable bonds is 6. The van der Waals surface area contributed by atoms with Crippen LogP contribution in [0.1, 0.15) is 46.5 Å². The normalized spacial score (nSPS) is 10.8. The number of amides is 1. The number of esters is 1. The molecule has 17 heavy (non-hydrogen) atoms. The van der Waals surface area contributed by atoms with Crippen LogP contribution in [-0.2, 0) is 14.3 Å². The van der Waals surface area contributed by atoms with Gasteiger partial charge in [-0.15, -0.1) is 0 Å². The number of methoxy groups -OCH3 is 1. The molecule has 0 aromatic carbocycles. The van der Waals surface area contributed by atoms with Crippen molar-refractivity contribution in [2.45, 2.75) is 52.1 Å². The summed E-state index contributed by atoms with van der Waals surface area (Å²) in [5.41, 5.74) is -0.463. The molecular formula is C12H23NO4. The Hall–Kier alpha value is -1.26. The van der Waals surface area contributed by atoms with E-state index in [2.05, 4.69) is 10.1 Å². The number of ether oxygens (including phenoxy) is 2. The van der Waals surface area contributed by atoms with E-state index in [9.17, 15) is 9.59 Å². The zero-order valence-corrected chi connectivity index (χ0v) is 11.2. The van der Waals surface area contributed by atoms with E-state index in [1.165, 1.54) is 7.11 Å². The van der Waals surface area contributed by atoms with E-state index in [1.54, 1.807) is 0 Å². The van der Waals surface area contributed by atoms with Gasteiger partial charge in [0.05, 0.1) is 7.11 Å².